The number of amides is 2. The Kier molecular flexibility index (Phi) is 4.27. The Bertz CT molecular complexity index is 494. The highest BCUT2D eigenvalue weighted by molar-refractivity contribution is 5.89. The fraction of sp³-hybridized carbons (Fsp3) is 0.467. The van der Waals surface area contributed by atoms with Crippen molar-refractivity contribution in [2.45, 2.75) is 32.2 Å². The van der Waals surface area contributed by atoms with Crippen LogP contribution in [0.2, 0.25) is 0 Å². The van der Waals surface area contributed by atoms with E-state index >= 15 is 0 Å². The standard InChI is InChI=1S/C15H20N2O3/c1-10(12-5-6-12)17(2)15(20)16-13-7-3-11(4-8-13)9-14(18)19/h3-4,7-8,10,12H,5-6,9H2,1-2H3,(H,16,20)(H,18,19). The molecule has 1 atom stereocenters. The molecule has 1 aliphatic rings. The van der Waals surface area contributed by atoms with Gasteiger partial charge in [0.05, 0.1) is 6.42 Å². The summed E-state index contributed by atoms with van der Waals surface area (Å²) in [6.45, 7) is 2.06. The average molecular weight is 276 g/mol. The van der Waals surface area contributed by atoms with Gasteiger partial charge >= 0.3 is 12.0 Å². The van der Waals surface area contributed by atoms with Crippen molar-refractivity contribution >= 4 is 17.7 Å². The maximum Gasteiger partial charge on any atom is 0.321 e. The molecule has 1 aromatic rings. The number of carboxylic acid groups (broad SMARTS) is 1. The second kappa shape index (κ2) is 5.94. The monoisotopic (exact) mass is 276 g/mol. The quantitative estimate of drug-likeness (QED) is 0.868. The molecule has 5 nitrogen and oxygen atoms in total. The fourth-order valence-corrected chi connectivity index (χ4v) is 2.17. The summed E-state index contributed by atoms with van der Waals surface area (Å²) in [6, 6.07) is 7.01. The van der Waals surface area contributed by atoms with Crippen LogP contribution >= 0.6 is 0 Å². The molecule has 0 aliphatic heterocycles. The molecule has 0 spiro atoms. The van der Waals surface area contributed by atoms with Gasteiger partial charge in [0.2, 0.25) is 0 Å². The van der Waals surface area contributed by atoms with Crippen LogP contribution in [0.5, 0.6) is 0 Å². The first kappa shape index (κ1) is 14.4. The number of carbonyl (C=O) groups is 2. The first-order chi connectivity index (χ1) is 9.47. The third-order valence-electron chi connectivity index (χ3n) is 3.80. The van der Waals surface area contributed by atoms with Gasteiger partial charge in [0, 0.05) is 18.8 Å². The third kappa shape index (κ3) is 3.73. The molecule has 108 valence electrons. The van der Waals surface area contributed by atoms with Crippen LogP contribution in [0.4, 0.5) is 10.5 Å². The summed E-state index contributed by atoms with van der Waals surface area (Å²) in [7, 11) is 1.80. The van der Waals surface area contributed by atoms with Crippen molar-refractivity contribution in [2.24, 2.45) is 5.92 Å². The minimum absolute atomic E-state index is 0.00710. The van der Waals surface area contributed by atoms with Crippen molar-refractivity contribution in [3.05, 3.63) is 29.8 Å². The molecule has 0 aromatic heterocycles. The highest BCUT2D eigenvalue weighted by Gasteiger charge is 2.32. The molecule has 5 heteroatoms. The largest absolute Gasteiger partial charge is 0.481 e. The Morgan fingerprint density at radius 3 is 2.45 bits per heavy atom. The van der Waals surface area contributed by atoms with E-state index in [0.29, 0.717) is 11.6 Å². The van der Waals surface area contributed by atoms with E-state index in [9.17, 15) is 9.59 Å². The minimum atomic E-state index is -0.861. The van der Waals surface area contributed by atoms with E-state index in [4.69, 9.17) is 5.11 Å². The van der Waals surface area contributed by atoms with Gasteiger partial charge in [-0.25, -0.2) is 4.79 Å². The predicted molar refractivity (Wildman–Crippen MR) is 76.7 cm³/mol. The van der Waals surface area contributed by atoms with Crippen LogP contribution in [-0.2, 0) is 11.2 Å². The van der Waals surface area contributed by atoms with Crippen LogP contribution in [0, 0.1) is 5.92 Å². The summed E-state index contributed by atoms with van der Waals surface area (Å²) in [5.41, 5.74) is 1.40. The van der Waals surface area contributed by atoms with Crippen molar-refractivity contribution in [1.29, 1.82) is 0 Å². The second-order valence-electron chi connectivity index (χ2n) is 5.39. The van der Waals surface area contributed by atoms with E-state index in [2.05, 4.69) is 12.2 Å². The van der Waals surface area contributed by atoms with Gasteiger partial charge < -0.3 is 15.3 Å². The van der Waals surface area contributed by atoms with E-state index in [1.807, 2.05) is 0 Å². The van der Waals surface area contributed by atoms with Gasteiger partial charge in [0.1, 0.15) is 0 Å². The molecule has 0 radical (unpaired) electrons. The van der Waals surface area contributed by atoms with Crippen LogP contribution in [0.25, 0.3) is 0 Å². The van der Waals surface area contributed by atoms with Crippen molar-refractivity contribution < 1.29 is 14.7 Å². The molecular formula is C15H20N2O3. The van der Waals surface area contributed by atoms with Gasteiger partial charge in [0.25, 0.3) is 0 Å². The number of hydrogen-bond acceptors (Lipinski definition) is 2. The fourth-order valence-electron chi connectivity index (χ4n) is 2.17. The van der Waals surface area contributed by atoms with Crippen LogP contribution < -0.4 is 5.32 Å². The average Bonchev–Trinajstić information content (AvgIpc) is 3.23. The Labute approximate surface area is 118 Å². The lowest BCUT2D eigenvalue weighted by Crippen LogP contribution is -2.39. The lowest BCUT2D eigenvalue weighted by Gasteiger charge is -2.25. The summed E-state index contributed by atoms with van der Waals surface area (Å²) in [5.74, 6) is -0.233. The first-order valence-corrected chi connectivity index (χ1v) is 6.82. The Hall–Kier alpha value is -2.04. The van der Waals surface area contributed by atoms with Gasteiger partial charge in [-0.3, -0.25) is 4.79 Å². The van der Waals surface area contributed by atoms with Crippen molar-refractivity contribution in [3.63, 3.8) is 0 Å². The number of carbonyl (C=O) groups excluding carboxylic acids is 1. The lowest BCUT2D eigenvalue weighted by atomic mass is 10.1. The molecule has 0 bridgehead atoms. The van der Waals surface area contributed by atoms with Crippen LogP contribution in [-0.4, -0.2) is 35.1 Å². The van der Waals surface area contributed by atoms with Crippen molar-refractivity contribution in [3.8, 4) is 0 Å². The molecule has 1 unspecified atom stereocenters. The summed E-state index contributed by atoms with van der Waals surface area (Å²) in [4.78, 5) is 24.4. The highest BCUT2D eigenvalue weighted by Crippen LogP contribution is 2.34. The number of rotatable bonds is 5. The molecule has 1 aromatic carbocycles. The minimum Gasteiger partial charge on any atom is -0.481 e. The summed E-state index contributed by atoms with van der Waals surface area (Å²) in [6.07, 6.45) is 2.39. The van der Waals surface area contributed by atoms with Crippen molar-refractivity contribution in [1.82, 2.24) is 4.90 Å². The molecule has 20 heavy (non-hydrogen) atoms. The predicted octanol–water partition coefficient (Wildman–Crippen LogP) is 2.58. The van der Waals surface area contributed by atoms with Crippen molar-refractivity contribution in [2.75, 3.05) is 12.4 Å². The number of urea groups is 1. The summed E-state index contributed by atoms with van der Waals surface area (Å²) >= 11 is 0. The van der Waals surface area contributed by atoms with Gasteiger partial charge in [-0.15, -0.1) is 0 Å². The Morgan fingerprint density at radius 2 is 1.95 bits per heavy atom. The molecular weight excluding hydrogens is 256 g/mol. The number of hydrogen-bond donors (Lipinski definition) is 2. The second-order valence-corrected chi connectivity index (χ2v) is 5.39. The number of benzene rings is 1. The molecule has 1 saturated carbocycles. The molecule has 2 rings (SSSR count). The van der Waals surface area contributed by atoms with E-state index in [1.165, 1.54) is 12.8 Å². The SMILES string of the molecule is CC(C1CC1)N(C)C(=O)Nc1ccc(CC(=O)O)cc1. The molecule has 2 amide bonds. The Morgan fingerprint density at radius 1 is 1.35 bits per heavy atom. The normalized spacial score (nSPS) is 15.5. The van der Waals surface area contributed by atoms with Gasteiger partial charge in [-0.05, 0) is 43.4 Å². The van der Waals surface area contributed by atoms with Crippen LogP contribution in [0.3, 0.4) is 0 Å². The zero-order valence-corrected chi connectivity index (χ0v) is 11.8. The lowest BCUT2D eigenvalue weighted by molar-refractivity contribution is -0.136. The van der Waals surface area contributed by atoms with Crippen LogP contribution in [0.1, 0.15) is 25.3 Å². The molecule has 0 heterocycles. The molecule has 1 fully saturated rings. The zero-order valence-electron chi connectivity index (χ0n) is 11.8. The van der Waals surface area contributed by atoms with E-state index in [-0.39, 0.29) is 18.5 Å². The smallest absolute Gasteiger partial charge is 0.321 e. The number of nitrogens with zero attached hydrogens (tertiary/aromatic N) is 1. The van der Waals surface area contributed by atoms with E-state index in [1.54, 1.807) is 36.2 Å². The molecule has 0 saturated heterocycles. The van der Waals surface area contributed by atoms with E-state index in [0.717, 1.165) is 5.56 Å². The van der Waals surface area contributed by atoms with Gasteiger partial charge in [-0.2, -0.15) is 0 Å². The highest BCUT2D eigenvalue weighted by atomic mass is 16.4. The number of nitrogens with one attached hydrogen (secondary N) is 1. The summed E-state index contributed by atoms with van der Waals surface area (Å²) < 4.78 is 0. The summed E-state index contributed by atoms with van der Waals surface area (Å²) in [5, 5.41) is 11.5. The first-order valence-electron chi connectivity index (χ1n) is 6.82. The van der Waals surface area contributed by atoms with Gasteiger partial charge in [-0.1, -0.05) is 12.1 Å². The zero-order chi connectivity index (χ0) is 14.7. The topological polar surface area (TPSA) is 69.6 Å². The number of carboxylic acids is 1. The maximum atomic E-state index is 12.1. The maximum absolute atomic E-state index is 12.1. The van der Waals surface area contributed by atoms with Crippen LogP contribution in [0.15, 0.2) is 24.3 Å². The number of anilines is 1. The number of aliphatic carboxylic acids is 1. The molecule has 2 N–H and O–H groups in total. The van der Waals surface area contributed by atoms with Gasteiger partial charge in [0.15, 0.2) is 0 Å². The molecule has 1 aliphatic carbocycles. The van der Waals surface area contributed by atoms with E-state index < -0.39 is 5.97 Å². The Balaban J connectivity index is 1.91. The third-order valence-corrected chi connectivity index (χ3v) is 3.80.